The van der Waals surface area contributed by atoms with E-state index < -0.39 is 0 Å². The molecule has 0 saturated carbocycles. The number of rotatable bonds is 5. The lowest BCUT2D eigenvalue weighted by Gasteiger charge is -2.27. The van der Waals surface area contributed by atoms with Gasteiger partial charge in [0.2, 0.25) is 0 Å². The van der Waals surface area contributed by atoms with Crippen molar-refractivity contribution in [3.63, 3.8) is 0 Å². The second-order valence-corrected chi connectivity index (χ2v) is 7.74. The first-order chi connectivity index (χ1) is 7.87. The SMILES string of the molecule is CCC(CBr)(CBr)Cc1nc(C(C)(C)C)cs1. The van der Waals surface area contributed by atoms with Gasteiger partial charge in [0.15, 0.2) is 0 Å². The first-order valence-electron chi connectivity index (χ1n) is 5.94. The van der Waals surface area contributed by atoms with Gasteiger partial charge in [-0.1, -0.05) is 59.6 Å². The quantitative estimate of drug-likeness (QED) is 0.640. The third-order valence-electron chi connectivity index (χ3n) is 3.16. The van der Waals surface area contributed by atoms with E-state index in [0.717, 1.165) is 23.5 Å². The van der Waals surface area contributed by atoms with Crippen LogP contribution in [0, 0.1) is 5.41 Å². The van der Waals surface area contributed by atoms with Gasteiger partial charge in [0.1, 0.15) is 0 Å². The number of hydrogen-bond donors (Lipinski definition) is 0. The number of aromatic nitrogens is 1. The summed E-state index contributed by atoms with van der Waals surface area (Å²) < 4.78 is 0. The Hall–Kier alpha value is 0.590. The standard InChI is InChI=1S/C13H21Br2NS/c1-5-13(8-14,9-15)6-11-16-10(7-17-11)12(2,3)4/h7H,5-6,8-9H2,1-4H3. The molecule has 17 heavy (non-hydrogen) atoms. The average molecular weight is 383 g/mol. The van der Waals surface area contributed by atoms with Gasteiger partial charge in [-0.3, -0.25) is 0 Å². The molecular weight excluding hydrogens is 362 g/mol. The van der Waals surface area contributed by atoms with Gasteiger partial charge in [0.25, 0.3) is 0 Å². The normalized spacial score (nSPS) is 13.1. The van der Waals surface area contributed by atoms with Gasteiger partial charge in [0, 0.05) is 27.9 Å². The average Bonchev–Trinajstić information content (AvgIpc) is 2.74. The first-order valence-corrected chi connectivity index (χ1v) is 9.06. The summed E-state index contributed by atoms with van der Waals surface area (Å²) >= 11 is 9.08. The van der Waals surface area contributed by atoms with E-state index in [9.17, 15) is 0 Å². The number of thiazole rings is 1. The van der Waals surface area contributed by atoms with Crippen molar-refractivity contribution in [2.45, 2.75) is 46.0 Å². The molecule has 0 saturated heterocycles. The Balaban J connectivity index is 2.85. The van der Waals surface area contributed by atoms with E-state index in [0.29, 0.717) is 5.41 Å². The van der Waals surface area contributed by atoms with Crippen LogP contribution in [0.3, 0.4) is 0 Å². The molecule has 1 aromatic heterocycles. The highest BCUT2D eigenvalue weighted by Crippen LogP contribution is 2.34. The zero-order chi connectivity index (χ0) is 13.1. The Morgan fingerprint density at radius 3 is 2.18 bits per heavy atom. The smallest absolute Gasteiger partial charge is 0.0934 e. The lowest BCUT2D eigenvalue weighted by Crippen LogP contribution is -2.26. The summed E-state index contributed by atoms with van der Waals surface area (Å²) in [4.78, 5) is 4.79. The fraction of sp³-hybridized carbons (Fsp3) is 0.769. The maximum atomic E-state index is 4.79. The molecule has 0 radical (unpaired) electrons. The summed E-state index contributed by atoms with van der Waals surface area (Å²) in [5, 5.41) is 5.51. The van der Waals surface area contributed by atoms with Crippen LogP contribution in [0.2, 0.25) is 0 Å². The molecule has 1 heterocycles. The predicted octanol–water partition coefficient (Wildman–Crippen LogP) is 5.17. The van der Waals surface area contributed by atoms with Gasteiger partial charge in [-0.2, -0.15) is 0 Å². The fourth-order valence-corrected chi connectivity index (χ4v) is 4.81. The van der Waals surface area contributed by atoms with Crippen LogP contribution in [0.4, 0.5) is 0 Å². The third-order valence-corrected chi connectivity index (χ3v) is 6.39. The van der Waals surface area contributed by atoms with E-state index in [1.165, 1.54) is 10.7 Å². The van der Waals surface area contributed by atoms with Crippen molar-refractivity contribution in [1.82, 2.24) is 4.98 Å². The zero-order valence-corrected chi connectivity index (χ0v) is 15.0. The number of nitrogens with zero attached hydrogens (tertiary/aromatic N) is 1. The number of halogens is 2. The van der Waals surface area contributed by atoms with E-state index in [4.69, 9.17) is 4.98 Å². The van der Waals surface area contributed by atoms with Crippen molar-refractivity contribution in [2.24, 2.45) is 5.41 Å². The molecule has 1 aromatic rings. The van der Waals surface area contributed by atoms with Gasteiger partial charge in [-0.25, -0.2) is 4.98 Å². The Morgan fingerprint density at radius 2 is 1.82 bits per heavy atom. The highest BCUT2D eigenvalue weighted by molar-refractivity contribution is 9.09. The van der Waals surface area contributed by atoms with Gasteiger partial charge in [0.05, 0.1) is 10.7 Å². The van der Waals surface area contributed by atoms with Crippen LogP contribution >= 0.6 is 43.2 Å². The molecule has 0 aromatic carbocycles. The molecule has 1 rings (SSSR count). The summed E-state index contributed by atoms with van der Waals surface area (Å²) in [5.41, 5.74) is 1.67. The second-order valence-electron chi connectivity index (χ2n) is 5.67. The molecule has 4 heteroatoms. The predicted molar refractivity (Wildman–Crippen MR) is 84.8 cm³/mol. The van der Waals surface area contributed by atoms with Gasteiger partial charge in [-0.15, -0.1) is 11.3 Å². The lowest BCUT2D eigenvalue weighted by atomic mass is 9.86. The maximum absolute atomic E-state index is 4.79. The molecule has 0 amide bonds. The third kappa shape index (κ3) is 4.03. The van der Waals surface area contributed by atoms with Crippen LogP contribution in [0.5, 0.6) is 0 Å². The van der Waals surface area contributed by atoms with E-state index in [1.54, 1.807) is 11.3 Å². The van der Waals surface area contributed by atoms with Gasteiger partial charge in [-0.05, 0) is 11.8 Å². The summed E-state index contributed by atoms with van der Waals surface area (Å²) in [7, 11) is 0. The summed E-state index contributed by atoms with van der Waals surface area (Å²) in [6.07, 6.45) is 2.22. The van der Waals surface area contributed by atoms with E-state index in [-0.39, 0.29) is 5.41 Å². The minimum Gasteiger partial charge on any atom is -0.246 e. The fourth-order valence-electron chi connectivity index (χ4n) is 1.50. The zero-order valence-electron chi connectivity index (χ0n) is 11.0. The number of alkyl halides is 2. The van der Waals surface area contributed by atoms with E-state index >= 15 is 0 Å². The largest absolute Gasteiger partial charge is 0.246 e. The molecule has 0 aliphatic heterocycles. The minimum atomic E-state index is 0.159. The Morgan fingerprint density at radius 1 is 1.24 bits per heavy atom. The maximum Gasteiger partial charge on any atom is 0.0934 e. The molecule has 0 unspecified atom stereocenters. The van der Waals surface area contributed by atoms with Crippen LogP contribution in [0.1, 0.15) is 44.8 Å². The molecule has 0 atom stereocenters. The molecule has 0 fully saturated rings. The molecule has 0 bridgehead atoms. The highest BCUT2D eigenvalue weighted by Gasteiger charge is 2.28. The van der Waals surface area contributed by atoms with Gasteiger partial charge < -0.3 is 0 Å². The minimum absolute atomic E-state index is 0.159. The molecule has 0 aliphatic rings. The van der Waals surface area contributed by atoms with Gasteiger partial charge >= 0.3 is 0 Å². The van der Waals surface area contributed by atoms with Crippen LogP contribution in [-0.4, -0.2) is 15.6 Å². The van der Waals surface area contributed by atoms with Crippen molar-refractivity contribution in [1.29, 1.82) is 0 Å². The summed E-state index contributed by atoms with van der Waals surface area (Å²) in [5.74, 6) is 0. The monoisotopic (exact) mass is 381 g/mol. The highest BCUT2D eigenvalue weighted by atomic mass is 79.9. The number of hydrogen-bond acceptors (Lipinski definition) is 2. The van der Waals surface area contributed by atoms with Crippen molar-refractivity contribution >= 4 is 43.2 Å². The molecule has 98 valence electrons. The molecule has 0 aliphatic carbocycles. The first kappa shape index (κ1) is 15.6. The van der Waals surface area contributed by atoms with Crippen molar-refractivity contribution in [3.05, 3.63) is 16.1 Å². The Bertz CT molecular complexity index is 342. The summed E-state index contributed by atoms with van der Waals surface area (Å²) in [6.45, 7) is 8.90. The van der Waals surface area contributed by atoms with Crippen molar-refractivity contribution in [2.75, 3.05) is 10.7 Å². The molecule has 1 nitrogen and oxygen atoms in total. The van der Waals surface area contributed by atoms with E-state index in [1.807, 2.05) is 0 Å². The Kier molecular flexibility index (Phi) is 5.67. The Labute approximate surface area is 126 Å². The molecule has 0 N–H and O–H groups in total. The van der Waals surface area contributed by atoms with Crippen molar-refractivity contribution < 1.29 is 0 Å². The molecule has 0 spiro atoms. The van der Waals surface area contributed by atoms with Crippen LogP contribution in [0.25, 0.3) is 0 Å². The topological polar surface area (TPSA) is 12.9 Å². The van der Waals surface area contributed by atoms with Crippen LogP contribution < -0.4 is 0 Å². The van der Waals surface area contributed by atoms with Crippen molar-refractivity contribution in [3.8, 4) is 0 Å². The lowest BCUT2D eigenvalue weighted by molar-refractivity contribution is 0.372. The molecular formula is C13H21Br2NS. The van der Waals surface area contributed by atoms with Crippen LogP contribution in [-0.2, 0) is 11.8 Å². The van der Waals surface area contributed by atoms with E-state index in [2.05, 4.69) is 64.9 Å². The summed E-state index contributed by atoms with van der Waals surface area (Å²) in [6, 6.07) is 0. The van der Waals surface area contributed by atoms with Crippen LogP contribution in [0.15, 0.2) is 5.38 Å². The second kappa shape index (κ2) is 6.16.